The molecule has 0 N–H and O–H groups in total. The predicted molar refractivity (Wildman–Crippen MR) is 37.0 cm³/mol. The van der Waals surface area contributed by atoms with E-state index in [1.165, 1.54) is 0 Å². The zero-order valence-electron chi connectivity index (χ0n) is 5.76. The van der Waals surface area contributed by atoms with Gasteiger partial charge >= 0.3 is 0 Å². The second-order valence-corrected chi connectivity index (χ2v) is 2.66. The third-order valence-corrected chi connectivity index (χ3v) is 1.73. The Balaban J connectivity index is 2.34. The predicted octanol–water partition coefficient (Wildman–Crippen LogP) is 1.43. The fourth-order valence-electron chi connectivity index (χ4n) is 1.08. The molecule has 50 valence electrons. The van der Waals surface area contributed by atoms with Crippen molar-refractivity contribution in [1.29, 1.82) is 0 Å². The maximum absolute atomic E-state index is 5.26. The first-order valence-electron chi connectivity index (χ1n) is 3.40. The summed E-state index contributed by atoms with van der Waals surface area (Å²) in [5.41, 5.74) is 0. The van der Waals surface area contributed by atoms with Crippen molar-refractivity contribution < 1.29 is 4.74 Å². The smallest absolute Gasteiger partial charge is 0.118 e. The van der Waals surface area contributed by atoms with Crippen molar-refractivity contribution in [3.8, 4) is 12.3 Å². The van der Waals surface area contributed by atoms with E-state index in [2.05, 4.69) is 12.8 Å². The van der Waals surface area contributed by atoms with Gasteiger partial charge in [0.05, 0.1) is 0 Å². The van der Waals surface area contributed by atoms with Crippen molar-refractivity contribution in [2.45, 2.75) is 25.9 Å². The lowest BCUT2D eigenvalue weighted by Crippen LogP contribution is -2.22. The summed E-state index contributed by atoms with van der Waals surface area (Å²) >= 11 is 0. The SMILES string of the molecule is C#C[C@@H]1C[C@@H](C)CCO1. The first kappa shape index (κ1) is 6.64. The van der Waals surface area contributed by atoms with Gasteiger partial charge in [-0.2, -0.15) is 0 Å². The Bertz CT molecular complexity index is 123. The fraction of sp³-hybridized carbons (Fsp3) is 0.750. The highest BCUT2D eigenvalue weighted by Gasteiger charge is 2.16. The minimum absolute atomic E-state index is 0.0914. The largest absolute Gasteiger partial charge is 0.366 e. The highest BCUT2D eigenvalue weighted by molar-refractivity contribution is 4.96. The third-order valence-electron chi connectivity index (χ3n) is 1.73. The summed E-state index contributed by atoms with van der Waals surface area (Å²) in [6.07, 6.45) is 7.48. The first-order chi connectivity index (χ1) is 4.33. The van der Waals surface area contributed by atoms with E-state index < -0.39 is 0 Å². The van der Waals surface area contributed by atoms with Crippen molar-refractivity contribution in [1.82, 2.24) is 0 Å². The van der Waals surface area contributed by atoms with Crippen molar-refractivity contribution in [2.24, 2.45) is 5.92 Å². The standard InChI is InChI=1S/C8H12O/c1-3-8-6-7(2)4-5-9-8/h1,7-8H,4-6H2,2H3/t7-,8+/m0/s1. The Morgan fingerprint density at radius 3 is 2.89 bits per heavy atom. The summed E-state index contributed by atoms with van der Waals surface area (Å²) in [6.45, 7) is 3.06. The zero-order chi connectivity index (χ0) is 6.69. The molecular weight excluding hydrogens is 112 g/mol. The van der Waals surface area contributed by atoms with Crippen LogP contribution >= 0.6 is 0 Å². The van der Waals surface area contributed by atoms with Crippen LogP contribution in [-0.4, -0.2) is 12.7 Å². The maximum atomic E-state index is 5.26. The number of ether oxygens (including phenoxy) is 1. The van der Waals surface area contributed by atoms with Gasteiger partial charge in [-0.3, -0.25) is 0 Å². The lowest BCUT2D eigenvalue weighted by molar-refractivity contribution is 0.0296. The van der Waals surface area contributed by atoms with E-state index in [0.29, 0.717) is 0 Å². The van der Waals surface area contributed by atoms with Crippen LogP contribution in [0.4, 0.5) is 0 Å². The van der Waals surface area contributed by atoms with E-state index in [-0.39, 0.29) is 6.10 Å². The highest BCUT2D eigenvalue weighted by atomic mass is 16.5. The molecule has 0 aromatic heterocycles. The summed E-state index contributed by atoms with van der Waals surface area (Å²) in [7, 11) is 0. The molecule has 9 heavy (non-hydrogen) atoms. The van der Waals surface area contributed by atoms with Gasteiger partial charge < -0.3 is 4.74 Å². The molecule has 2 atom stereocenters. The van der Waals surface area contributed by atoms with E-state index in [0.717, 1.165) is 25.4 Å². The molecule has 1 heteroatoms. The third kappa shape index (κ3) is 1.73. The summed E-state index contributed by atoms with van der Waals surface area (Å²) < 4.78 is 5.26. The molecule has 1 aliphatic heterocycles. The molecule has 0 spiro atoms. The molecule has 1 aliphatic rings. The molecule has 1 heterocycles. The van der Waals surface area contributed by atoms with Crippen LogP contribution < -0.4 is 0 Å². The van der Waals surface area contributed by atoms with Gasteiger partial charge in [0.1, 0.15) is 6.10 Å². The van der Waals surface area contributed by atoms with Gasteiger partial charge in [0.2, 0.25) is 0 Å². The summed E-state index contributed by atoms with van der Waals surface area (Å²) in [5.74, 6) is 3.36. The van der Waals surface area contributed by atoms with Crippen molar-refractivity contribution >= 4 is 0 Å². The van der Waals surface area contributed by atoms with Crippen molar-refractivity contribution in [3.05, 3.63) is 0 Å². The second-order valence-electron chi connectivity index (χ2n) is 2.66. The molecule has 1 rings (SSSR count). The molecule has 0 aromatic carbocycles. The van der Waals surface area contributed by atoms with E-state index in [1.54, 1.807) is 0 Å². The lowest BCUT2D eigenvalue weighted by atomic mass is 9.98. The first-order valence-corrected chi connectivity index (χ1v) is 3.40. The molecule has 0 radical (unpaired) electrons. The van der Waals surface area contributed by atoms with E-state index in [9.17, 15) is 0 Å². The van der Waals surface area contributed by atoms with E-state index in [4.69, 9.17) is 11.2 Å². The summed E-state index contributed by atoms with van der Waals surface area (Å²) in [5, 5.41) is 0. The number of rotatable bonds is 0. The minimum atomic E-state index is 0.0914. The van der Waals surface area contributed by atoms with Gasteiger partial charge in [-0.1, -0.05) is 12.8 Å². The zero-order valence-corrected chi connectivity index (χ0v) is 5.76. The number of hydrogen-bond acceptors (Lipinski definition) is 1. The minimum Gasteiger partial charge on any atom is -0.366 e. The van der Waals surface area contributed by atoms with Crippen LogP contribution in [0.5, 0.6) is 0 Å². The van der Waals surface area contributed by atoms with E-state index >= 15 is 0 Å². The molecule has 0 aliphatic carbocycles. The molecule has 1 fully saturated rings. The molecular formula is C8H12O. The van der Waals surface area contributed by atoms with Crippen LogP contribution in [0.2, 0.25) is 0 Å². The molecule has 1 nitrogen and oxygen atoms in total. The maximum Gasteiger partial charge on any atom is 0.118 e. The van der Waals surface area contributed by atoms with Gasteiger partial charge in [0.15, 0.2) is 0 Å². The van der Waals surface area contributed by atoms with Gasteiger partial charge in [-0.05, 0) is 18.8 Å². The normalized spacial score (nSPS) is 35.6. The molecule has 0 unspecified atom stereocenters. The molecule has 0 amide bonds. The van der Waals surface area contributed by atoms with Crippen LogP contribution in [0.25, 0.3) is 0 Å². The Kier molecular flexibility index (Phi) is 2.13. The Morgan fingerprint density at radius 1 is 1.67 bits per heavy atom. The molecule has 0 aromatic rings. The fourth-order valence-corrected chi connectivity index (χ4v) is 1.08. The van der Waals surface area contributed by atoms with Crippen LogP contribution in [0.15, 0.2) is 0 Å². The number of terminal acetylenes is 1. The summed E-state index contributed by atoms with van der Waals surface area (Å²) in [4.78, 5) is 0. The monoisotopic (exact) mass is 124 g/mol. The lowest BCUT2D eigenvalue weighted by Gasteiger charge is -2.22. The van der Waals surface area contributed by atoms with Crippen LogP contribution in [0.1, 0.15) is 19.8 Å². The van der Waals surface area contributed by atoms with Gasteiger partial charge in [-0.15, -0.1) is 6.42 Å². The molecule has 0 saturated carbocycles. The Labute approximate surface area is 56.4 Å². The summed E-state index contributed by atoms with van der Waals surface area (Å²) in [6, 6.07) is 0. The van der Waals surface area contributed by atoms with Crippen molar-refractivity contribution in [2.75, 3.05) is 6.61 Å². The Hall–Kier alpha value is -0.480. The van der Waals surface area contributed by atoms with Crippen molar-refractivity contribution in [3.63, 3.8) is 0 Å². The second kappa shape index (κ2) is 2.89. The topological polar surface area (TPSA) is 9.23 Å². The molecule has 1 saturated heterocycles. The van der Waals surface area contributed by atoms with Gasteiger partial charge in [0.25, 0.3) is 0 Å². The average molecular weight is 124 g/mol. The van der Waals surface area contributed by atoms with E-state index in [1.807, 2.05) is 0 Å². The Morgan fingerprint density at radius 2 is 2.44 bits per heavy atom. The average Bonchev–Trinajstić information content (AvgIpc) is 1.88. The quantitative estimate of drug-likeness (QED) is 0.444. The van der Waals surface area contributed by atoms with Crippen LogP contribution in [0, 0.1) is 18.3 Å². The van der Waals surface area contributed by atoms with Crippen LogP contribution in [0.3, 0.4) is 0 Å². The molecule has 0 bridgehead atoms. The van der Waals surface area contributed by atoms with Crippen LogP contribution in [-0.2, 0) is 4.74 Å². The highest BCUT2D eigenvalue weighted by Crippen LogP contribution is 2.18. The van der Waals surface area contributed by atoms with Gasteiger partial charge in [0, 0.05) is 6.61 Å². The van der Waals surface area contributed by atoms with Gasteiger partial charge in [-0.25, -0.2) is 0 Å². The number of hydrogen-bond donors (Lipinski definition) is 0.